The van der Waals surface area contributed by atoms with E-state index in [0.717, 1.165) is 23.1 Å². The van der Waals surface area contributed by atoms with Crippen LogP contribution in [0.5, 0.6) is 0 Å². The lowest BCUT2D eigenvalue weighted by atomic mass is 10.1. The van der Waals surface area contributed by atoms with E-state index >= 15 is 0 Å². The molecular weight excluding hydrogens is 560 g/mol. The average molecular weight is 583 g/mol. The quantitative estimate of drug-likeness (QED) is 0.199. The fourth-order valence-electron chi connectivity index (χ4n) is 4.29. The van der Waals surface area contributed by atoms with Crippen LogP contribution < -0.4 is 11.1 Å². The van der Waals surface area contributed by atoms with Crippen LogP contribution in [0.2, 0.25) is 0 Å². The van der Waals surface area contributed by atoms with Crippen molar-refractivity contribution in [2.24, 2.45) is 15.7 Å². The first-order valence-electron chi connectivity index (χ1n) is 12.2. The molecule has 0 saturated carbocycles. The molecule has 3 heterocycles. The standard InChI is InChI=1S/C27H22F4N8O3/c1-3-34-21(33-2)10-8-15-7-9-18-17(11-15)24(25(32)41)37-39(18)14-23(40)38-13-16(28)12-19(38)26(42)36-22-6-4-5-20(35-22)27(29,30)31/h3-7,9,11,16,19H,1-2,12-14H2,(H2,32,41)(H,35,36,42)/t16-,19+/m1/s1. The zero-order valence-electron chi connectivity index (χ0n) is 21.7. The van der Waals surface area contributed by atoms with Gasteiger partial charge in [0, 0.05) is 23.6 Å². The lowest BCUT2D eigenvalue weighted by molar-refractivity contribution is -0.141. The number of anilines is 1. The SMILES string of the molecule is C=CN=C(C#Cc1ccc2c(c1)c(C(N)=O)nn2CC(=O)N1C[C@H](F)C[C@H]1C(=O)Nc1cccc(C(F)(F)F)n1)N=C. The molecule has 0 spiro atoms. The topological polar surface area (TPSA) is 148 Å². The summed E-state index contributed by atoms with van der Waals surface area (Å²) in [7, 11) is 0. The molecule has 1 fully saturated rings. The Balaban J connectivity index is 1.58. The third-order valence-corrected chi connectivity index (χ3v) is 6.11. The molecule has 3 amide bonds. The number of nitrogens with two attached hydrogens (primary N) is 1. The Kier molecular flexibility index (Phi) is 8.46. The van der Waals surface area contributed by atoms with Crippen molar-refractivity contribution in [1.29, 1.82) is 0 Å². The van der Waals surface area contributed by atoms with Gasteiger partial charge in [0.1, 0.15) is 30.3 Å². The number of likely N-dealkylation sites (tertiary alicyclic amines) is 1. The number of benzene rings is 1. The van der Waals surface area contributed by atoms with E-state index in [4.69, 9.17) is 5.73 Å². The fourth-order valence-corrected chi connectivity index (χ4v) is 4.29. The summed E-state index contributed by atoms with van der Waals surface area (Å²) >= 11 is 0. The van der Waals surface area contributed by atoms with Gasteiger partial charge in [0.15, 0.2) is 5.69 Å². The summed E-state index contributed by atoms with van der Waals surface area (Å²) < 4.78 is 54.6. The van der Waals surface area contributed by atoms with Gasteiger partial charge in [0.05, 0.1) is 12.1 Å². The normalized spacial score (nSPS) is 17.0. The number of hydrogen-bond donors (Lipinski definition) is 2. The van der Waals surface area contributed by atoms with Gasteiger partial charge in [-0.05, 0) is 43.0 Å². The van der Waals surface area contributed by atoms with Crippen LogP contribution >= 0.6 is 0 Å². The van der Waals surface area contributed by atoms with Crippen molar-refractivity contribution in [2.75, 3.05) is 11.9 Å². The number of halogens is 4. The first-order valence-corrected chi connectivity index (χ1v) is 12.2. The maximum atomic E-state index is 14.4. The summed E-state index contributed by atoms with van der Waals surface area (Å²) in [6, 6.07) is 6.26. The zero-order chi connectivity index (χ0) is 30.6. The van der Waals surface area contributed by atoms with Crippen LogP contribution in [0.1, 0.15) is 28.2 Å². The second-order valence-corrected chi connectivity index (χ2v) is 8.94. The minimum Gasteiger partial charge on any atom is -0.364 e. The van der Waals surface area contributed by atoms with Gasteiger partial charge in [-0.1, -0.05) is 18.6 Å². The first-order chi connectivity index (χ1) is 19.9. The Morgan fingerprint density at radius 1 is 1.24 bits per heavy atom. The summed E-state index contributed by atoms with van der Waals surface area (Å²) in [6.45, 7) is 5.89. The van der Waals surface area contributed by atoms with Crippen LogP contribution in [0, 0.1) is 11.8 Å². The monoisotopic (exact) mass is 582 g/mol. The summed E-state index contributed by atoms with van der Waals surface area (Å²) in [4.78, 5) is 50.1. The number of fused-ring (bicyclic) bond motifs is 1. The Morgan fingerprint density at radius 2 is 2.00 bits per heavy atom. The van der Waals surface area contributed by atoms with E-state index in [2.05, 4.69) is 50.5 Å². The van der Waals surface area contributed by atoms with Gasteiger partial charge in [-0.3, -0.25) is 19.1 Å². The number of nitrogens with one attached hydrogen (secondary N) is 1. The van der Waals surface area contributed by atoms with Crippen molar-refractivity contribution < 1.29 is 31.9 Å². The minimum atomic E-state index is -4.74. The molecule has 3 N–H and O–H groups in total. The second kappa shape index (κ2) is 12.0. The molecule has 3 aromatic rings. The number of amidine groups is 1. The average Bonchev–Trinajstić information content (AvgIpc) is 3.51. The molecule has 11 nitrogen and oxygen atoms in total. The van der Waals surface area contributed by atoms with Gasteiger partial charge in [-0.15, -0.1) is 0 Å². The first kappa shape index (κ1) is 29.6. The minimum absolute atomic E-state index is 0.112. The van der Waals surface area contributed by atoms with Crippen molar-refractivity contribution in [1.82, 2.24) is 19.7 Å². The number of rotatable bonds is 6. The van der Waals surface area contributed by atoms with E-state index in [1.807, 2.05) is 0 Å². The highest BCUT2D eigenvalue weighted by atomic mass is 19.4. The van der Waals surface area contributed by atoms with E-state index in [0.29, 0.717) is 11.1 Å². The number of aliphatic imine (C=N–C) groups is 2. The molecule has 0 radical (unpaired) electrons. The molecule has 2 atom stereocenters. The number of hydrogen-bond acceptors (Lipinski definition) is 6. The van der Waals surface area contributed by atoms with Crippen LogP contribution in [-0.2, 0) is 22.3 Å². The summed E-state index contributed by atoms with van der Waals surface area (Å²) in [5.41, 5.74) is 4.88. The Hall–Kier alpha value is -5.39. The van der Waals surface area contributed by atoms with E-state index < -0.39 is 60.7 Å². The molecular formula is C27H22F4N8O3. The molecule has 1 aliphatic heterocycles. The summed E-state index contributed by atoms with van der Waals surface area (Å²) in [5, 5.41) is 6.65. The summed E-state index contributed by atoms with van der Waals surface area (Å²) in [6.07, 6.45) is -5.43. The maximum Gasteiger partial charge on any atom is 0.433 e. The second-order valence-electron chi connectivity index (χ2n) is 8.94. The smallest absolute Gasteiger partial charge is 0.364 e. The number of carbonyl (C=O) groups is 3. The molecule has 42 heavy (non-hydrogen) atoms. The third-order valence-electron chi connectivity index (χ3n) is 6.11. The van der Waals surface area contributed by atoms with E-state index in [9.17, 15) is 31.9 Å². The van der Waals surface area contributed by atoms with E-state index in [1.165, 1.54) is 16.9 Å². The van der Waals surface area contributed by atoms with Crippen molar-refractivity contribution in [3.8, 4) is 11.8 Å². The van der Waals surface area contributed by atoms with Crippen LogP contribution in [0.3, 0.4) is 0 Å². The van der Waals surface area contributed by atoms with Gasteiger partial charge < -0.3 is 16.0 Å². The lowest BCUT2D eigenvalue weighted by Crippen LogP contribution is -2.44. The molecule has 216 valence electrons. The Morgan fingerprint density at radius 3 is 2.67 bits per heavy atom. The number of alkyl halides is 4. The van der Waals surface area contributed by atoms with E-state index in [1.54, 1.807) is 12.1 Å². The molecule has 15 heteroatoms. The van der Waals surface area contributed by atoms with Crippen molar-refractivity contribution >= 4 is 47.0 Å². The number of aromatic nitrogens is 3. The number of nitrogens with zero attached hydrogens (tertiary/aromatic N) is 6. The highest BCUT2D eigenvalue weighted by molar-refractivity contribution is 6.05. The zero-order valence-corrected chi connectivity index (χ0v) is 21.7. The van der Waals surface area contributed by atoms with Crippen LogP contribution in [0.25, 0.3) is 10.9 Å². The molecule has 1 aliphatic rings. The van der Waals surface area contributed by atoms with Crippen molar-refractivity contribution in [2.45, 2.75) is 31.4 Å². The number of amides is 3. The van der Waals surface area contributed by atoms with Crippen LogP contribution in [-0.4, -0.2) is 68.7 Å². The van der Waals surface area contributed by atoms with E-state index in [-0.39, 0.29) is 23.3 Å². The van der Waals surface area contributed by atoms with Gasteiger partial charge in [-0.25, -0.2) is 19.4 Å². The van der Waals surface area contributed by atoms with Gasteiger partial charge in [0.2, 0.25) is 17.6 Å². The van der Waals surface area contributed by atoms with Gasteiger partial charge >= 0.3 is 6.18 Å². The largest absolute Gasteiger partial charge is 0.433 e. The van der Waals surface area contributed by atoms with Crippen molar-refractivity contribution in [3.05, 3.63) is 66.1 Å². The van der Waals surface area contributed by atoms with Crippen LogP contribution in [0.15, 0.2) is 59.2 Å². The molecule has 1 saturated heterocycles. The summed E-state index contributed by atoms with van der Waals surface area (Å²) in [5.74, 6) is 2.69. The molecule has 2 aromatic heterocycles. The Labute approximate surface area is 235 Å². The molecule has 0 bridgehead atoms. The third kappa shape index (κ3) is 6.49. The molecule has 0 aliphatic carbocycles. The number of pyridine rings is 1. The lowest BCUT2D eigenvalue weighted by Gasteiger charge is -2.23. The maximum absolute atomic E-state index is 14.4. The number of primary amides is 1. The Bertz CT molecular complexity index is 1690. The van der Waals surface area contributed by atoms with Crippen LogP contribution in [0.4, 0.5) is 23.4 Å². The fraction of sp³-hybridized carbons (Fsp3) is 0.222. The van der Waals surface area contributed by atoms with Crippen molar-refractivity contribution in [3.63, 3.8) is 0 Å². The number of carbonyl (C=O) groups excluding carboxylic acids is 3. The molecule has 0 unspecified atom stereocenters. The molecule has 4 rings (SSSR count). The molecule has 1 aromatic carbocycles. The predicted octanol–water partition coefficient (Wildman–Crippen LogP) is 2.72. The van der Waals surface area contributed by atoms with Gasteiger partial charge in [-0.2, -0.15) is 18.3 Å². The predicted molar refractivity (Wildman–Crippen MR) is 145 cm³/mol. The van der Waals surface area contributed by atoms with Gasteiger partial charge in [0.25, 0.3) is 5.91 Å². The highest BCUT2D eigenvalue weighted by Crippen LogP contribution is 2.29. The highest BCUT2D eigenvalue weighted by Gasteiger charge is 2.40.